The lowest BCUT2D eigenvalue weighted by Gasteiger charge is -2.11. The Hall–Kier alpha value is -2.54. The highest BCUT2D eigenvalue weighted by atomic mass is 16.5. The van der Waals surface area contributed by atoms with Crippen molar-refractivity contribution in [3.05, 3.63) is 48.4 Å². The molecule has 0 saturated carbocycles. The van der Waals surface area contributed by atoms with Gasteiger partial charge >= 0.3 is 0 Å². The maximum Gasteiger partial charge on any atom is 0.240 e. The maximum absolute atomic E-state index is 5.30. The van der Waals surface area contributed by atoms with Crippen LogP contribution in [0.2, 0.25) is 0 Å². The average Bonchev–Trinajstić information content (AvgIpc) is 3.17. The van der Waals surface area contributed by atoms with Gasteiger partial charge in [0.1, 0.15) is 12.7 Å². The van der Waals surface area contributed by atoms with E-state index in [9.17, 15) is 0 Å². The number of rotatable bonds is 6. The second-order valence-electron chi connectivity index (χ2n) is 5.23. The van der Waals surface area contributed by atoms with Crippen LogP contribution >= 0.6 is 0 Å². The smallest absolute Gasteiger partial charge is 0.240 e. The summed E-state index contributed by atoms with van der Waals surface area (Å²) in [5.41, 5.74) is 2.12. The first-order valence-electron chi connectivity index (χ1n) is 7.17. The molecule has 0 aliphatic heterocycles. The van der Waals surface area contributed by atoms with E-state index in [1.165, 1.54) is 6.33 Å². The maximum atomic E-state index is 5.30. The molecule has 3 rings (SSSR count). The molecule has 7 heteroatoms. The molecule has 1 N–H and O–H groups in total. The number of benzene rings is 1. The Labute approximate surface area is 128 Å². The van der Waals surface area contributed by atoms with Crippen LogP contribution in [0.1, 0.15) is 18.4 Å². The zero-order valence-corrected chi connectivity index (χ0v) is 12.6. The van der Waals surface area contributed by atoms with Crippen LogP contribution < -0.4 is 5.32 Å². The molecule has 7 nitrogen and oxygen atoms in total. The first-order chi connectivity index (χ1) is 10.7. The van der Waals surface area contributed by atoms with E-state index in [1.54, 1.807) is 11.0 Å². The summed E-state index contributed by atoms with van der Waals surface area (Å²) in [6.07, 6.45) is 3.22. The summed E-state index contributed by atoms with van der Waals surface area (Å²) in [7, 11) is 0. The minimum atomic E-state index is 0.218. The van der Waals surface area contributed by atoms with E-state index in [0.29, 0.717) is 18.3 Å². The average molecular weight is 298 g/mol. The van der Waals surface area contributed by atoms with Crippen molar-refractivity contribution in [2.75, 3.05) is 0 Å². The molecule has 0 aliphatic rings. The monoisotopic (exact) mass is 298 g/mol. The lowest BCUT2D eigenvalue weighted by molar-refractivity contribution is 0.350. The van der Waals surface area contributed by atoms with Gasteiger partial charge in [0.2, 0.25) is 11.7 Å². The van der Waals surface area contributed by atoms with Crippen molar-refractivity contribution in [2.24, 2.45) is 0 Å². The first-order valence-corrected chi connectivity index (χ1v) is 7.17. The topological polar surface area (TPSA) is 81.7 Å². The largest absolute Gasteiger partial charge is 0.338 e. The van der Waals surface area contributed by atoms with E-state index in [0.717, 1.165) is 17.7 Å². The predicted octanol–water partition coefficient (Wildman–Crippen LogP) is 1.81. The van der Waals surface area contributed by atoms with Crippen LogP contribution in [0.3, 0.4) is 0 Å². The predicted molar refractivity (Wildman–Crippen MR) is 80.8 cm³/mol. The van der Waals surface area contributed by atoms with E-state index in [1.807, 2.05) is 31.2 Å². The third kappa shape index (κ3) is 3.37. The first kappa shape index (κ1) is 14.4. The van der Waals surface area contributed by atoms with Gasteiger partial charge in [0, 0.05) is 11.6 Å². The lowest BCUT2D eigenvalue weighted by Crippen LogP contribution is -2.30. The summed E-state index contributed by atoms with van der Waals surface area (Å²) in [4.78, 5) is 8.36. The van der Waals surface area contributed by atoms with Crippen molar-refractivity contribution < 1.29 is 4.52 Å². The number of hydrogen-bond donors (Lipinski definition) is 1. The third-order valence-corrected chi connectivity index (χ3v) is 3.38. The van der Waals surface area contributed by atoms with E-state index in [-0.39, 0.29) is 6.04 Å². The molecule has 114 valence electrons. The fourth-order valence-corrected chi connectivity index (χ4v) is 2.19. The SMILES string of the molecule is Cc1ccccc1-c1noc(CNC(C)Cn2cncn2)n1. The normalized spacial score (nSPS) is 12.5. The molecule has 0 bridgehead atoms. The van der Waals surface area contributed by atoms with Crippen molar-refractivity contribution in [1.29, 1.82) is 0 Å². The lowest BCUT2D eigenvalue weighted by atomic mass is 10.1. The van der Waals surface area contributed by atoms with Crippen molar-refractivity contribution >= 4 is 0 Å². The van der Waals surface area contributed by atoms with Gasteiger partial charge in [0.25, 0.3) is 0 Å². The summed E-state index contributed by atoms with van der Waals surface area (Å²) in [5, 5.41) is 11.5. The highest BCUT2D eigenvalue weighted by molar-refractivity contribution is 5.58. The summed E-state index contributed by atoms with van der Waals surface area (Å²) >= 11 is 0. The molecule has 0 fully saturated rings. The fraction of sp³-hybridized carbons (Fsp3) is 0.333. The number of hydrogen-bond acceptors (Lipinski definition) is 6. The number of aryl methyl sites for hydroxylation is 1. The van der Waals surface area contributed by atoms with Crippen molar-refractivity contribution in [1.82, 2.24) is 30.2 Å². The Morgan fingerprint density at radius 2 is 2.18 bits per heavy atom. The minimum Gasteiger partial charge on any atom is -0.338 e. The van der Waals surface area contributed by atoms with Crippen molar-refractivity contribution in [3.8, 4) is 11.4 Å². The Balaban J connectivity index is 1.59. The third-order valence-electron chi connectivity index (χ3n) is 3.38. The molecule has 2 aromatic heterocycles. The van der Waals surface area contributed by atoms with Crippen LogP contribution in [0, 0.1) is 6.92 Å². The van der Waals surface area contributed by atoms with Crippen molar-refractivity contribution in [3.63, 3.8) is 0 Å². The van der Waals surface area contributed by atoms with Gasteiger partial charge in [-0.1, -0.05) is 29.4 Å². The number of nitrogens with zero attached hydrogens (tertiary/aromatic N) is 5. The van der Waals surface area contributed by atoms with Crippen molar-refractivity contribution in [2.45, 2.75) is 33.0 Å². The number of aromatic nitrogens is 5. The van der Waals surface area contributed by atoms with Gasteiger partial charge in [-0.25, -0.2) is 4.98 Å². The van der Waals surface area contributed by atoms with Crippen LogP contribution in [0.25, 0.3) is 11.4 Å². The second kappa shape index (κ2) is 6.48. The molecule has 0 radical (unpaired) electrons. The Bertz CT molecular complexity index is 721. The summed E-state index contributed by atoms with van der Waals surface area (Å²) in [6, 6.07) is 8.20. The van der Waals surface area contributed by atoms with Gasteiger partial charge in [0.15, 0.2) is 0 Å². The summed E-state index contributed by atoms with van der Waals surface area (Å²) in [5.74, 6) is 1.20. The Kier molecular flexibility index (Phi) is 4.24. The molecule has 0 amide bonds. The molecule has 0 spiro atoms. The zero-order chi connectivity index (χ0) is 15.4. The fourth-order valence-electron chi connectivity index (χ4n) is 2.19. The van der Waals surface area contributed by atoms with Gasteiger partial charge in [-0.3, -0.25) is 4.68 Å². The van der Waals surface area contributed by atoms with E-state index in [2.05, 4.69) is 32.5 Å². The van der Waals surface area contributed by atoms with Crippen LogP contribution in [-0.2, 0) is 13.1 Å². The molecular weight excluding hydrogens is 280 g/mol. The van der Waals surface area contributed by atoms with Crippen LogP contribution in [0.15, 0.2) is 41.4 Å². The Morgan fingerprint density at radius 3 is 2.95 bits per heavy atom. The van der Waals surface area contributed by atoms with Crippen LogP contribution in [0.5, 0.6) is 0 Å². The molecule has 1 unspecified atom stereocenters. The summed E-state index contributed by atoms with van der Waals surface area (Å²) < 4.78 is 7.08. The molecule has 2 heterocycles. The van der Waals surface area contributed by atoms with E-state index in [4.69, 9.17) is 4.52 Å². The quantitative estimate of drug-likeness (QED) is 0.747. The molecule has 22 heavy (non-hydrogen) atoms. The van der Waals surface area contributed by atoms with Crippen LogP contribution in [0.4, 0.5) is 0 Å². The van der Waals surface area contributed by atoms with Gasteiger partial charge in [-0.2, -0.15) is 10.1 Å². The molecular formula is C15H18N6O. The van der Waals surface area contributed by atoms with E-state index < -0.39 is 0 Å². The Morgan fingerprint density at radius 1 is 1.32 bits per heavy atom. The van der Waals surface area contributed by atoms with Crippen LogP contribution in [-0.4, -0.2) is 30.9 Å². The second-order valence-corrected chi connectivity index (χ2v) is 5.23. The minimum absolute atomic E-state index is 0.218. The van der Waals surface area contributed by atoms with Gasteiger partial charge in [-0.05, 0) is 19.4 Å². The van der Waals surface area contributed by atoms with Gasteiger partial charge in [-0.15, -0.1) is 0 Å². The number of nitrogens with one attached hydrogen (secondary N) is 1. The zero-order valence-electron chi connectivity index (χ0n) is 12.6. The van der Waals surface area contributed by atoms with E-state index >= 15 is 0 Å². The highest BCUT2D eigenvalue weighted by Gasteiger charge is 2.11. The standard InChI is InChI=1S/C15H18N6O/c1-11-5-3-4-6-13(11)15-19-14(22-20-15)7-17-12(2)8-21-10-16-9-18-21/h3-6,9-10,12,17H,7-8H2,1-2H3. The molecule has 3 aromatic rings. The summed E-state index contributed by atoms with van der Waals surface area (Å²) in [6.45, 7) is 5.36. The molecule has 0 aliphatic carbocycles. The molecule has 1 atom stereocenters. The van der Waals surface area contributed by atoms with Gasteiger partial charge in [0.05, 0.1) is 13.1 Å². The molecule has 0 saturated heterocycles. The molecule has 1 aromatic carbocycles. The highest BCUT2D eigenvalue weighted by Crippen LogP contribution is 2.19. The van der Waals surface area contributed by atoms with Gasteiger partial charge < -0.3 is 9.84 Å².